The summed E-state index contributed by atoms with van der Waals surface area (Å²) in [5.74, 6) is -0.0448. The molecule has 1 amide bonds. The number of amides is 1. The normalized spacial score (nSPS) is 11.9. The number of hydrogen-bond donors (Lipinski definition) is 2. The second kappa shape index (κ2) is 6.85. The van der Waals surface area contributed by atoms with Crippen molar-refractivity contribution in [3.63, 3.8) is 0 Å². The number of hydrogen-bond acceptors (Lipinski definition) is 5. The molecule has 116 valence electrons. The van der Waals surface area contributed by atoms with E-state index < -0.39 is 6.04 Å². The van der Waals surface area contributed by atoms with Crippen LogP contribution in [0.2, 0.25) is 0 Å². The zero-order valence-electron chi connectivity index (χ0n) is 12.3. The number of aromatic nitrogens is 2. The van der Waals surface area contributed by atoms with Gasteiger partial charge in [-0.25, -0.2) is 0 Å². The Hall–Kier alpha value is -2.99. The summed E-state index contributed by atoms with van der Waals surface area (Å²) in [7, 11) is 0. The molecular formula is C17H16N4O2. The summed E-state index contributed by atoms with van der Waals surface area (Å²) >= 11 is 0. The molecule has 0 aliphatic rings. The Balaban J connectivity index is 1.63. The zero-order chi connectivity index (χ0) is 16.1. The van der Waals surface area contributed by atoms with Gasteiger partial charge >= 0.3 is 0 Å². The van der Waals surface area contributed by atoms with Crippen molar-refractivity contribution in [1.82, 2.24) is 10.1 Å². The second-order valence-electron chi connectivity index (χ2n) is 5.10. The molecule has 0 spiro atoms. The molecule has 6 nitrogen and oxygen atoms in total. The number of benzene rings is 1. The zero-order valence-corrected chi connectivity index (χ0v) is 12.3. The first-order valence-electron chi connectivity index (χ1n) is 7.20. The molecule has 1 atom stereocenters. The predicted octanol–water partition coefficient (Wildman–Crippen LogP) is 2.25. The van der Waals surface area contributed by atoms with Crippen molar-refractivity contribution in [2.45, 2.75) is 12.5 Å². The Morgan fingerprint density at radius 1 is 1.17 bits per heavy atom. The molecule has 3 aromatic rings. The highest BCUT2D eigenvalue weighted by molar-refractivity contribution is 5.94. The molecule has 0 saturated heterocycles. The predicted molar refractivity (Wildman–Crippen MR) is 86.5 cm³/mol. The molecule has 1 aromatic carbocycles. The second-order valence-corrected chi connectivity index (χ2v) is 5.10. The molecule has 23 heavy (non-hydrogen) atoms. The third-order valence-corrected chi connectivity index (χ3v) is 3.37. The first-order valence-corrected chi connectivity index (χ1v) is 7.20. The summed E-state index contributed by atoms with van der Waals surface area (Å²) in [5.41, 5.74) is 8.42. The molecule has 3 N–H and O–H groups in total. The molecule has 6 heteroatoms. The van der Waals surface area contributed by atoms with E-state index in [9.17, 15) is 4.79 Å². The first-order chi connectivity index (χ1) is 11.2. The maximum absolute atomic E-state index is 12.1. The van der Waals surface area contributed by atoms with E-state index in [0.29, 0.717) is 12.1 Å². The van der Waals surface area contributed by atoms with Gasteiger partial charge in [-0.1, -0.05) is 35.5 Å². The molecule has 2 aromatic heterocycles. The Morgan fingerprint density at radius 2 is 1.91 bits per heavy atom. The largest absolute Gasteiger partial charge is 0.338 e. The van der Waals surface area contributed by atoms with Crippen LogP contribution in [0.4, 0.5) is 5.88 Å². The van der Waals surface area contributed by atoms with E-state index in [0.717, 1.165) is 11.1 Å². The van der Waals surface area contributed by atoms with Crippen molar-refractivity contribution in [1.29, 1.82) is 0 Å². The minimum absolute atomic E-state index is 0.269. The van der Waals surface area contributed by atoms with E-state index in [1.807, 2.05) is 42.5 Å². The van der Waals surface area contributed by atoms with Crippen LogP contribution < -0.4 is 11.1 Å². The van der Waals surface area contributed by atoms with Crippen molar-refractivity contribution in [3.8, 4) is 11.3 Å². The van der Waals surface area contributed by atoms with Crippen molar-refractivity contribution >= 4 is 11.8 Å². The van der Waals surface area contributed by atoms with Crippen LogP contribution in [0.15, 0.2) is 65.4 Å². The van der Waals surface area contributed by atoms with E-state index in [4.69, 9.17) is 10.3 Å². The fourth-order valence-electron chi connectivity index (χ4n) is 2.17. The Bertz CT molecular complexity index is 772. The topological polar surface area (TPSA) is 94.0 Å². The van der Waals surface area contributed by atoms with Crippen LogP contribution in [0, 0.1) is 0 Å². The van der Waals surface area contributed by atoms with Gasteiger partial charge in [-0.2, -0.15) is 0 Å². The number of anilines is 1. The van der Waals surface area contributed by atoms with Gasteiger partial charge in [-0.3, -0.25) is 15.1 Å². The molecule has 0 bridgehead atoms. The average molecular weight is 308 g/mol. The summed E-state index contributed by atoms with van der Waals surface area (Å²) in [6.07, 6.45) is 3.79. The van der Waals surface area contributed by atoms with E-state index >= 15 is 0 Å². The number of carbonyl (C=O) groups is 1. The standard InChI is InChI=1S/C17H16N4O2/c18-14(10-12-4-2-1-3-5-12)17(22)20-16-11-15(21-23-16)13-6-8-19-9-7-13/h1-9,11,14H,10,18H2,(H,20,22)/t14-/m0/s1. The maximum Gasteiger partial charge on any atom is 0.244 e. The quantitative estimate of drug-likeness (QED) is 0.754. The first kappa shape index (κ1) is 14.9. The highest BCUT2D eigenvalue weighted by Gasteiger charge is 2.16. The average Bonchev–Trinajstić information content (AvgIpc) is 3.05. The Kier molecular flexibility index (Phi) is 4.44. The van der Waals surface area contributed by atoms with Crippen LogP contribution in [-0.4, -0.2) is 22.1 Å². The maximum atomic E-state index is 12.1. The highest BCUT2D eigenvalue weighted by atomic mass is 16.5. The van der Waals surface area contributed by atoms with Crippen molar-refractivity contribution in [2.75, 3.05) is 5.32 Å². The van der Waals surface area contributed by atoms with E-state index in [2.05, 4.69) is 15.5 Å². The third-order valence-electron chi connectivity index (χ3n) is 3.37. The molecule has 0 aliphatic heterocycles. The summed E-state index contributed by atoms with van der Waals surface area (Å²) in [6.45, 7) is 0. The molecule has 0 saturated carbocycles. The van der Waals surface area contributed by atoms with E-state index in [1.54, 1.807) is 18.5 Å². The molecule has 3 rings (SSSR count). The van der Waals surface area contributed by atoms with Gasteiger partial charge < -0.3 is 10.3 Å². The SMILES string of the molecule is N[C@@H](Cc1ccccc1)C(=O)Nc1cc(-c2ccncc2)no1. The molecule has 0 fully saturated rings. The lowest BCUT2D eigenvalue weighted by molar-refractivity contribution is -0.117. The van der Waals surface area contributed by atoms with Crippen molar-refractivity contribution < 1.29 is 9.32 Å². The fourth-order valence-corrected chi connectivity index (χ4v) is 2.17. The number of rotatable bonds is 5. The number of nitrogens with one attached hydrogen (secondary N) is 1. The summed E-state index contributed by atoms with van der Waals surface area (Å²) in [5, 5.41) is 6.57. The number of pyridine rings is 1. The minimum atomic E-state index is -0.660. The molecule has 0 unspecified atom stereocenters. The van der Waals surface area contributed by atoms with Gasteiger partial charge in [-0.15, -0.1) is 0 Å². The fraction of sp³-hybridized carbons (Fsp3) is 0.118. The third kappa shape index (κ3) is 3.81. The van der Waals surface area contributed by atoms with Gasteiger partial charge in [0.2, 0.25) is 11.8 Å². The number of nitrogens with two attached hydrogens (primary N) is 1. The Morgan fingerprint density at radius 3 is 2.65 bits per heavy atom. The van der Waals surface area contributed by atoms with Crippen LogP contribution >= 0.6 is 0 Å². The molecule has 0 aliphatic carbocycles. The lowest BCUT2D eigenvalue weighted by Crippen LogP contribution is -2.37. The van der Waals surface area contributed by atoms with Crippen LogP contribution in [0.3, 0.4) is 0 Å². The van der Waals surface area contributed by atoms with Gasteiger partial charge in [0, 0.05) is 24.0 Å². The molecule has 0 radical (unpaired) electrons. The van der Waals surface area contributed by atoms with Crippen LogP contribution in [-0.2, 0) is 11.2 Å². The van der Waals surface area contributed by atoms with Crippen molar-refractivity contribution in [2.24, 2.45) is 5.73 Å². The van der Waals surface area contributed by atoms with Gasteiger partial charge in [0.15, 0.2) is 0 Å². The monoisotopic (exact) mass is 308 g/mol. The lowest BCUT2D eigenvalue weighted by atomic mass is 10.1. The molecular weight excluding hydrogens is 292 g/mol. The van der Waals surface area contributed by atoms with Gasteiger partial charge in [0.05, 0.1) is 6.04 Å². The Labute approximate surface area is 133 Å². The van der Waals surface area contributed by atoms with Crippen LogP contribution in [0.5, 0.6) is 0 Å². The van der Waals surface area contributed by atoms with Gasteiger partial charge in [-0.05, 0) is 24.1 Å². The highest BCUT2D eigenvalue weighted by Crippen LogP contribution is 2.20. The number of carbonyl (C=O) groups excluding carboxylic acids is 1. The van der Waals surface area contributed by atoms with E-state index in [1.165, 1.54) is 0 Å². The van der Waals surface area contributed by atoms with E-state index in [-0.39, 0.29) is 11.8 Å². The minimum Gasteiger partial charge on any atom is -0.338 e. The smallest absolute Gasteiger partial charge is 0.244 e. The van der Waals surface area contributed by atoms with Gasteiger partial charge in [0.25, 0.3) is 0 Å². The van der Waals surface area contributed by atoms with Gasteiger partial charge in [0.1, 0.15) is 5.69 Å². The number of nitrogens with zero attached hydrogens (tertiary/aromatic N) is 2. The summed E-state index contributed by atoms with van der Waals surface area (Å²) < 4.78 is 5.13. The summed E-state index contributed by atoms with van der Waals surface area (Å²) in [6, 6.07) is 14.2. The molecule has 2 heterocycles. The lowest BCUT2D eigenvalue weighted by Gasteiger charge is -2.10. The van der Waals surface area contributed by atoms with Crippen LogP contribution in [0.25, 0.3) is 11.3 Å². The van der Waals surface area contributed by atoms with Crippen molar-refractivity contribution in [3.05, 3.63) is 66.5 Å². The summed E-state index contributed by atoms with van der Waals surface area (Å²) in [4.78, 5) is 16.1. The van der Waals surface area contributed by atoms with Crippen LogP contribution in [0.1, 0.15) is 5.56 Å².